The van der Waals surface area contributed by atoms with E-state index in [-0.39, 0.29) is 0 Å². The zero-order chi connectivity index (χ0) is 11.0. The molecule has 3 nitrogen and oxygen atoms in total. The Kier molecular flexibility index (Phi) is 8.32. The van der Waals surface area contributed by atoms with E-state index < -0.39 is 11.1 Å². The van der Waals surface area contributed by atoms with Gasteiger partial charge in [0, 0.05) is 5.75 Å². The Bertz CT molecular complexity index is 236. The molecule has 7 heteroatoms. The average Bonchev–Trinajstić information content (AvgIpc) is 2.15. The summed E-state index contributed by atoms with van der Waals surface area (Å²) in [5.74, 6) is 0.440. The average molecular weight is 274 g/mol. The van der Waals surface area contributed by atoms with Gasteiger partial charge in [-0.2, -0.15) is 5.26 Å². The van der Waals surface area contributed by atoms with Crippen LogP contribution in [0.4, 0.5) is 0 Å². The highest BCUT2D eigenvalue weighted by Gasteiger charge is 2.20. The molecule has 0 aromatic heterocycles. The van der Waals surface area contributed by atoms with Gasteiger partial charge in [-0.05, 0) is 25.7 Å². The Morgan fingerprint density at radius 3 is 2.36 bits per heavy atom. The maximum atomic E-state index is 8.49. The molecule has 0 saturated carbocycles. The van der Waals surface area contributed by atoms with Crippen LogP contribution in [0, 0.1) is 11.3 Å². The van der Waals surface area contributed by atoms with Gasteiger partial charge in [-0.15, -0.1) is 11.6 Å². The Hall–Kier alpha value is 0.700. The first-order chi connectivity index (χ1) is 6.58. The molecular weight excluding hydrogens is 261 g/mol. The molecule has 0 aromatic rings. The van der Waals surface area contributed by atoms with Crippen molar-refractivity contribution in [3.8, 4) is 6.07 Å². The fourth-order valence-electron chi connectivity index (χ4n) is 0.622. The molecule has 0 aliphatic rings. The standard InChI is InChI=1S/C7H13ClNO2PS2/c1-3-10-12(13,11-4-2)14-6-7(8)5-9/h7H,3-4,6H2,1-2H3. The van der Waals surface area contributed by atoms with Gasteiger partial charge in [-0.3, -0.25) is 0 Å². The summed E-state index contributed by atoms with van der Waals surface area (Å²) in [4.78, 5) is 0. The fourth-order valence-corrected chi connectivity index (χ4v) is 5.57. The van der Waals surface area contributed by atoms with E-state index in [0.717, 1.165) is 0 Å². The van der Waals surface area contributed by atoms with Crippen LogP contribution in [0.5, 0.6) is 0 Å². The SMILES string of the molecule is CCOP(=S)(OCC)SCC(Cl)C#N. The molecule has 0 aromatic carbocycles. The Morgan fingerprint density at radius 2 is 2.00 bits per heavy atom. The predicted octanol–water partition coefficient (Wildman–Crippen LogP) is 3.15. The summed E-state index contributed by atoms with van der Waals surface area (Å²) in [6.07, 6.45) is 0. The van der Waals surface area contributed by atoms with Crippen LogP contribution in [0.2, 0.25) is 0 Å². The van der Waals surface area contributed by atoms with Crippen LogP contribution in [-0.4, -0.2) is 24.3 Å². The number of nitriles is 1. The van der Waals surface area contributed by atoms with Crippen LogP contribution in [-0.2, 0) is 20.9 Å². The number of hydrogen-bond donors (Lipinski definition) is 0. The number of alkyl halides is 1. The predicted molar refractivity (Wildman–Crippen MR) is 65.2 cm³/mol. The third kappa shape index (κ3) is 6.23. The highest BCUT2D eigenvalue weighted by molar-refractivity contribution is 8.67. The zero-order valence-electron chi connectivity index (χ0n) is 8.10. The number of nitrogens with zero attached hydrogens (tertiary/aromatic N) is 1. The van der Waals surface area contributed by atoms with E-state index >= 15 is 0 Å². The molecule has 0 N–H and O–H groups in total. The third-order valence-electron chi connectivity index (χ3n) is 1.09. The quantitative estimate of drug-likeness (QED) is 0.526. The van der Waals surface area contributed by atoms with E-state index in [1.54, 1.807) is 0 Å². The van der Waals surface area contributed by atoms with Crippen molar-refractivity contribution in [1.82, 2.24) is 0 Å². The first kappa shape index (κ1) is 14.7. The molecule has 0 fully saturated rings. The third-order valence-corrected chi connectivity index (χ3v) is 7.09. The van der Waals surface area contributed by atoms with Gasteiger partial charge in [0.15, 0.2) is 0 Å². The van der Waals surface area contributed by atoms with Crippen molar-refractivity contribution in [2.75, 3.05) is 19.0 Å². The van der Waals surface area contributed by atoms with Crippen LogP contribution in [0.15, 0.2) is 0 Å². The van der Waals surface area contributed by atoms with E-state index in [1.165, 1.54) is 11.4 Å². The second-order valence-corrected chi connectivity index (χ2v) is 9.06. The normalized spacial score (nSPS) is 13.6. The van der Waals surface area contributed by atoms with Gasteiger partial charge in [0.1, 0.15) is 5.38 Å². The Labute approximate surface area is 99.0 Å². The van der Waals surface area contributed by atoms with Crippen LogP contribution < -0.4 is 0 Å². The molecule has 0 amide bonds. The van der Waals surface area contributed by atoms with Crippen molar-refractivity contribution in [3.05, 3.63) is 0 Å². The van der Waals surface area contributed by atoms with Crippen molar-refractivity contribution < 1.29 is 9.05 Å². The minimum absolute atomic E-state index is 0.440. The van der Waals surface area contributed by atoms with E-state index in [2.05, 4.69) is 0 Å². The van der Waals surface area contributed by atoms with Crippen molar-refractivity contribution in [3.63, 3.8) is 0 Å². The lowest BCUT2D eigenvalue weighted by atomic mass is 10.5. The van der Waals surface area contributed by atoms with Crippen LogP contribution in [0.25, 0.3) is 0 Å². The minimum atomic E-state index is -2.27. The van der Waals surface area contributed by atoms with Gasteiger partial charge in [0.2, 0.25) is 5.69 Å². The lowest BCUT2D eigenvalue weighted by molar-refractivity contribution is 0.280. The molecule has 1 unspecified atom stereocenters. The Morgan fingerprint density at radius 1 is 1.50 bits per heavy atom. The maximum absolute atomic E-state index is 8.49. The summed E-state index contributed by atoms with van der Waals surface area (Å²) < 4.78 is 10.7. The van der Waals surface area contributed by atoms with Crippen molar-refractivity contribution >= 4 is 40.5 Å². The molecule has 0 spiro atoms. The Balaban J connectivity index is 4.10. The number of hydrogen-bond acceptors (Lipinski definition) is 5. The van der Waals surface area contributed by atoms with Crippen molar-refractivity contribution in [2.45, 2.75) is 19.2 Å². The summed E-state index contributed by atoms with van der Waals surface area (Å²) in [7, 11) is 0. The smallest absolute Gasteiger partial charge is 0.247 e. The van der Waals surface area contributed by atoms with Gasteiger partial charge in [0.05, 0.1) is 19.3 Å². The second-order valence-electron chi connectivity index (χ2n) is 2.18. The largest absolute Gasteiger partial charge is 0.322 e. The molecule has 82 valence electrons. The van der Waals surface area contributed by atoms with Crippen molar-refractivity contribution in [1.29, 1.82) is 5.26 Å². The summed E-state index contributed by atoms with van der Waals surface area (Å²) in [5, 5.41) is 7.95. The molecule has 14 heavy (non-hydrogen) atoms. The summed E-state index contributed by atoms with van der Waals surface area (Å²) in [5.41, 5.74) is -2.27. The number of rotatable bonds is 7. The molecule has 0 aliphatic heterocycles. The van der Waals surface area contributed by atoms with Crippen LogP contribution in [0.3, 0.4) is 0 Å². The summed E-state index contributed by atoms with van der Waals surface area (Å²) in [6.45, 7) is 4.76. The fraction of sp³-hybridized carbons (Fsp3) is 0.857. The lowest BCUT2D eigenvalue weighted by Gasteiger charge is -2.19. The van der Waals surface area contributed by atoms with Crippen LogP contribution >= 0.6 is 28.7 Å². The lowest BCUT2D eigenvalue weighted by Crippen LogP contribution is -2.00. The monoisotopic (exact) mass is 273 g/mol. The zero-order valence-corrected chi connectivity index (χ0v) is 11.4. The molecule has 0 aliphatic carbocycles. The van der Waals surface area contributed by atoms with E-state index in [0.29, 0.717) is 19.0 Å². The highest BCUT2D eigenvalue weighted by atomic mass is 35.5. The van der Waals surface area contributed by atoms with E-state index in [9.17, 15) is 0 Å². The van der Waals surface area contributed by atoms with Gasteiger partial charge < -0.3 is 9.05 Å². The van der Waals surface area contributed by atoms with E-state index in [4.69, 9.17) is 37.7 Å². The molecule has 0 heterocycles. The molecule has 0 bridgehead atoms. The van der Waals surface area contributed by atoms with Gasteiger partial charge in [-0.1, -0.05) is 11.4 Å². The molecule has 1 atom stereocenters. The first-order valence-electron chi connectivity index (χ1n) is 4.15. The minimum Gasteiger partial charge on any atom is -0.322 e. The van der Waals surface area contributed by atoms with E-state index in [1.807, 2.05) is 19.9 Å². The van der Waals surface area contributed by atoms with Crippen LogP contribution in [0.1, 0.15) is 13.8 Å². The van der Waals surface area contributed by atoms with Gasteiger partial charge in [-0.25, -0.2) is 0 Å². The summed E-state index contributed by atoms with van der Waals surface area (Å²) >= 11 is 12.2. The molecular formula is C7H13ClNO2PS2. The summed E-state index contributed by atoms with van der Waals surface area (Å²) in [6, 6.07) is 1.93. The van der Waals surface area contributed by atoms with Crippen molar-refractivity contribution in [2.24, 2.45) is 0 Å². The highest BCUT2D eigenvalue weighted by Crippen LogP contribution is 2.61. The maximum Gasteiger partial charge on any atom is 0.247 e. The second kappa shape index (κ2) is 7.92. The number of halogens is 1. The molecule has 0 radical (unpaired) electrons. The van der Waals surface area contributed by atoms with Gasteiger partial charge >= 0.3 is 0 Å². The molecule has 0 saturated heterocycles. The van der Waals surface area contributed by atoms with Gasteiger partial charge in [0.25, 0.3) is 0 Å². The first-order valence-corrected chi connectivity index (χ1v) is 8.81. The topological polar surface area (TPSA) is 42.2 Å². The molecule has 0 rings (SSSR count).